The molecule has 4 rings (SSSR count). The third kappa shape index (κ3) is 6.55. The second-order valence-corrected chi connectivity index (χ2v) is 12.1. The van der Waals surface area contributed by atoms with Crippen LogP contribution in [0, 0.1) is 5.41 Å². The van der Waals surface area contributed by atoms with E-state index in [1.54, 1.807) is 0 Å². The molecule has 0 atom stereocenters. The SMILES string of the molecule is CC(C)(/C=N/P(c1ccccc1)c1ccccc1)/C=N/P(c1ccccc1)c1ccccc1. The van der Waals surface area contributed by atoms with Gasteiger partial charge in [-0.25, -0.2) is 0 Å². The van der Waals surface area contributed by atoms with Gasteiger partial charge in [-0.2, -0.15) is 0 Å². The minimum atomic E-state index is -0.816. The van der Waals surface area contributed by atoms with Crippen molar-refractivity contribution < 1.29 is 0 Å². The van der Waals surface area contributed by atoms with Gasteiger partial charge in [-0.05, 0) is 13.8 Å². The van der Waals surface area contributed by atoms with Crippen LogP contribution in [-0.2, 0) is 0 Å². The van der Waals surface area contributed by atoms with Gasteiger partial charge in [-0.1, -0.05) is 121 Å². The molecule has 0 spiro atoms. The highest BCUT2D eigenvalue weighted by Crippen LogP contribution is 2.37. The van der Waals surface area contributed by atoms with E-state index in [0.29, 0.717) is 0 Å². The Balaban J connectivity index is 1.62. The van der Waals surface area contributed by atoms with E-state index in [1.165, 1.54) is 21.2 Å². The van der Waals surface area contributed by atoms with Crippen molar-refractivity contribution in [3.8, 4) is 0 Å². The lowest BCUT2D eigenvalue weighted by molar-refractivity contribution is 0.769. The van der Waals surface area contributed by atoms with Crippen molar-refractivity contribution in [2.45, 2.75) is 13.8 Å². The Bertz CT molecular complexity index is 1000. The topological polar surface area (TPSA) is 24.7 Å². The first-order chi connectivity index (χ1) is 16.1. The summed E-state index contributed by atoms with van der Waals surface area (Å²) in [7, 11) is -1.63. The number of rotatable bonds is 8. The highest BCUT2D eigenvalue weighted by Gasteiger charge is 2.18. The number of hydrogen-bond acceptors (Lipinski definition) is 2. The summed E-state index contributed by atoms with van der Waals surface area (Å²) in [5.74, 6) is 0. The van der Waals surface area contributed by atoms with E-state index in [9.17, 15) is 0 Å². The minimum absolute atomic E-state index is 0.270. The van der Waals surface area contributed by atoms with E-state index < -0.39 is 16.1 Å². The van der Waals surface area contributed by atoms with Crippen LogP contribution in [0.2, 0.25) is 0 Å². The molecular formula is C29H28N2P2. The predicted octanol–water partition coefficient (Wildman–Crippen LogP) is 6.25. The Morgan fingerprint density at radius 1 is 0.455 bits per heavy atom. The van der Waals surface area contributed by atoms with Crippen LogP contribution in [0.15, 0.2) is 131 Å². The first-order valence-corrected chi connectivity index (χ1v) is 13.6. The lowest BCUT2D eigenvalue weighted by Gasteiger charge is -2.19. The molecule has 0 saturated carbocycles. The van der Waals surface area contributed by atoms with Crippen LogP contribution in [-0.4, -0.2) is 12.4 Å². The van der Waals surface area contributed by atoms with Crippen molar-refractivity contribution in [3.63, 3.8) is 0 Å². The standard InChI is InChI=1S/C29H28N2P2/c1-29(2,23-30-32(25-15-7-3-8-16-25)26-17-9-4-10-18-26)24-31-33(27-19-11-5-12-20-27)28-21-13-6-14-22-28/h3-24H,1-2H3/b30-23+,31-24+. The molecule has 0 fully saturated rings. The normalized spacial score (nSPS) is 12.2. The molecule has 0 unspecified atom stereocenters. The van der Waals surface area contributed by atoms with Crippen LogP contribution in [0.4, 0.5) is 0 Å². The van der Waals surface area contributed by atoms with Gasteiger partial charge < -0.3 is 0 Å². The van der Waals surface area contributed by atoms with Crippen LogP contribution in [0.3, 0.4) is 0 Å². The number of benzene rings is 4. The Hall–Kier alpha value is -2.92. The van der Waals surface area contributed by atoms with Crippen molar-refractivity contribution in [2.24, 2.45) is 14.9 Å². The second-order valence-electron chi connectivity index (χ2n) is 8.28. The molecule has 4 aromatic rings. The van der Waals surface area contributed by atoms with Crippen LogP contribution in [0.1, 0.15) is 13.8 Å². The second kappa shape index (κ2) is 11.3. The summed E-state index contributed by atoms with van der Waals surface area (Å²) in [6.45, 7) is 4.35. The smallest absolute Gasteiger partial charge is 0.0776 e. The largest absolute Gasteiger partial charge is 0.263 e. The summed E-state index contributed by atoms with van der Waals surface area (Å²) in [6.07, 6.45) is 4.15. The van der Waals surface area contributed by atoms with Crippen LogP contribution >= 0.6 is 16.1 Å². The van der Waals surface area contributed by atoms with Crippen molar-refractivity contribution in [1.82, 2.24) is 0 Å². The fourth-order valence-corrected chi connectivity index (χ4v) is 7.06. The third-order valence-corrected chi connectivity index (χ3v) is 8.86. The maximum absolute atomic E-state index is 5.12. The van der Waals surface area contributed by atoms with Crippen LogP contribution < -0.4 is 21.2 Å². The van der Waals surface area contributed by atoms with Crippen molar-refractivity contribution in [3.05, 3.63) is 121 Å². The first-order valence-electron chi connectivity index (χ1n) is 11.0. The van der Waals surface area contributed by atoms with Crippen molar-refractivity contribution in [2.75, 3.05) is 0 Å². The van der Waals surface area contributed by atoms with Gasteiger partial charge in [0.15, 0.2) is 0 Å². The molecule has 4 aromatic carbocycles. The molecule has 164 valence electrons. The summed E-state index contributed by atoms with van der Waals surface area (Å²) in [5, 5.41) is 4.99. The van der Waals surface area contributed by atoms with Gasteiger partial charge in [0.1, 0.15) is 0 Å². The fourth-order valence-electron chi connectivity index (χ4n) is 3.29. The zero-order valence-corrected chi connectivity index (χ0v) is 20.8. The van der Waals surface area contributed by atoms with Gasteiger partial charge in [0.2, 0.25) is 0 Å². The zero-order valence-electron chi connectivity index (χ0n) is 19.0. The zero-order chi connectivity index (χ0) is 22.9. The Morgan fingerprint density at radius 3 is 0.939 bits per heavy atom. The minimum Gasteiger partial charge on any atom is -0.263 e. The number of hydrogen-bond donors (Lipinski definition) is 0. The maximum Gasteiger partial charge on any atom is 0.0776 e. The van der Waals surface area contributed by atoms with Crippen LogP contribution in [0.5, 0.6) is 0 Å². The average Bonchev–Trinajstić information content (AvgIpc) is 2.87. The fraction of sp³-hybridized carbons (Fsp3) is 0.103. The molecule has 0 aromatic heterocycles. The lowest BCUT2D eigenvalue weighted by Crippen LogP contribution is -2.18. The number of nitrogens with zero attached hydrogens (tertiary/aromatic N) is 2. The van der Waals surface area contributed by atoms with Gasteiger partial charge in [-0.15, -0.1) is 0 Å². The molecule has 0 N–H and O–H groups in total. The van der Waals surface area contributed by atoms with E-state index in [2.05, 4.69) is 148 Å². The molecule has 0 aliphatic heterocycles. The Labute approximate surface area is 199 Å². The molecule has 0 radical (unpaired) electrons. The van der Waals surface area contributed by atoms with E-state index in [4.69, 9.17) is 9.53 Å². The molecule has 0 aliphatic carbocycles. The quantitative estimate of drug-likeness (QED) is 0.217. The Morgan fingerprint density at radius 2 is 0.697 bits per heavy atom. The predicted molar refractivity (Wildman–Crippen MR) is 149 cm³/mol. The van der Waals surface area contributed by atoms with Gasteiger partial charge in [0, 0.05) is 39.1 Å². The van der Waals surface area contributed by atoms with E-state index >= 15 is 0 Å². The Kier molecular flexibility index (Phi) is 7.95. The molecule has 0 heterocycles. The molecule has 2 nitrogen and oxygen atoms in total. The molecule has 4 heteroatoms. The molecule has 0 bridgehead atoms. The monoisotopic (exact) mass is 466 g/mol. The maximum atomic E-state index is 5.12. The highest BCUT2D eigenvalue weighted by atomic mass is 31.1. The summed E-state index contributed by atoms with van der Waals surface area (Å²) < 4.78 is 10.2. The summed E-state index contributed by atoms with van der Waals surface area (Å²) in [6, 6.07) is 42.2. The van der Waals surface area contributed by atoms with E-state index in [-0.39, 0.29) is 5.41 Å². The lowest BCUT2D eigenvalue weighted by atomic mass is 9.98. The molecule has 0 aliphatic rings. The molecule has 0 amide bonds. The van der Waals surface area contributed by atoms with Gasteiger partial charge in [0.05, 0.1) is 16.1 Å². The van der Waals surface area contributed by atoms with Crippen molar-refractivity contribution in [1.29, 1.82) is 0 Å². The van der Waals surface area contributed by atoms with Gasteiger partial charge in [0.25, 0.3) is 0 Å². The first kappa shape index (κ1) is 23.2. The molecule has 33 heavy (non-hydrogen) atoms. The summed E-state index contributed by atoms with van der Waals surface area (Å²) >= 11 is 0. The summed E-state index contributed by atoms with van der Waals surface area (Å²) in [4.78, 5) is 0. The van der Waals surface area contributed by atoms with Gasteiger partial charge in [-0.3, -0.25) is 9.53 Å². The van der Waals surface area contributed by atoms with E-state index in [1.807, 2.05) is 0 Å². The van der Waals surface area contributed by atoms with Gasteiger partial charge >= 0.3 is 0 Å². The molecule has 0 saturated heterocycles. The van der Waals surface area contributed by atoms with Crippen LogP contribution in [0.25, 0.3) is 0 Å². The van der Waals surface area contributed by atoms with E-state index in [0.717, 1.165) is 0 Å². The summed E-state index contributed by atoms with van der Waals surface area (Å²) in [5.41, 5.74) is -0.270. The highest BCUT2D eigenvalue weighted by molar-refractivity contribution is 7.72. The third-order valence-electron chi connectivity index (χ3n) is 5.01. The average molecular weight is 467 g/mol. The molecular weight excluding hydrogens is 438 g/mol. The van der Waals surface area contributed by atoms with Crippen molar-refractivity contribution >= 4 is 49.8 Å².